The molecule has 1 N–H and O–H groups in total. The van der Waals surface area contributed by atoms with E-state index in [0.717, 1.165) is 0 Å². The number of ether oxygens (including phenoxy) is 1. The van der Waals surface area contributed by atoms with Gasteiger partial charge in [0.15, 0.2) is 0 Å². The van der Waals surface area contributed by atoms with Crippen LogP contribution in [0, 0.1) is 11.3 Å². The van der Waals surface area contributed by atoms with Crippen LogP contribution in [0.25, 0.3) is 0 Å². The molecule has 1 rings (SSSR count). The zero-order valence-corrected chi connectivity index (χ0v) is 11.2. The number of esters is 1. The van der Waals surface area contributed by atoms with Crippen molar-refractivity contribution in [1.82, 2.24) is 0 Å². The SMILES string of the molecule is CC(Nc1ccccc1C#N)C(=O)OC(C)(C)C. The van der Waals surface area contributed by atoms with Gasteiger partial charge in [0.1, 0.15) is 17.7 Å². The van der Waals surface area contributed by atoms with E-state index in [2.05, 4.69) is 11.4 Å². The summed E-state index contributed by atoms with van der Waals surface area (Å²) in [6, 6.07) is 8.62. The van der Waals surface area contributed by atoms with Crippen LogP contribution < -0.4 is 5.32 Å². The highest BCUT2D eigenvalue weighted by Crippen LogP contribution is 2.16. The molecule has 0 heterocycles. The van der Waals surface area contributed by atoms with Gasteiger partial charge < -0.3 is 10.1 Å². The van der Waals surface area contributed by atoms with Crippen molar-refractivity contribution in [2.24, 2.45) is 0 Å². The number of benzene rings is 1. The molecule has 1 aromatic carbocycles. The monoisotopic (exact) mass is 246 g/mol. The smallest absolute Gasteiger partial charge is 0.328 e. The average molecular weight is 246 g/mol. The molecule has 4 nitrogen and oxygen atoms in total. The predicted molar refractivity (Wildman–Crippen MR) is 70.1 cm³/mol. The van der Waals surface area contributed by atoms with Crippen LogP contribution in [0.15, 0.2) is 24.3 Å². The number of hydrogen-bond acceptors (Lipinski definition) is 4. The van der Waals surface area contributed by atoms with Gasteiger partial charge in [-0.05, 0) is 39.8 Å². The van der Waals surface area contributed by atoms with Crippen molar-refractivity contribution in [2.45, 2.75) is 39.3 Å². The summed E-state index contributed by atoms with van der Waals surface area (Å²) in [5.74, 6) is -0.338. The van der Waals surface area contributed by atoms with Gasteiger partial charge in [-0.1, -0.05) is 12.1 Å². The van der Waals surface area contributed by atoms with Crippen molar-refractivity contribution in [2.75, 3.05) is 5.32 Å². The Bertz CT molecular complexity index is 469. The first-order chi connectivity index (χ1) is 8.33. The van der Waals surface area contributed by atoms with Gasteiger partial charge in [0.25, 0.3) is 0 Å². The summed E-state index contributed by atoms with van der Waals surface area (Å²) in [6.45, 7) is 7.17. The number of hydrogen-bond donors (Lipinski definition) is 1. The van der Waals surface area contributed by atoms with E-state index in [0.29, 0.717) is 11.3 Å². The second-order valence-corrected chi connectivity index (χ2v) is 5.06. The highest BCUT2D eigenvalue weighted by molar-refractivity contribution is 5.79. The second kappa shape index (κ2) is 5.54. The minimum atomic E-state index is -0.512. The van der Waals surface area contributed by atoms with Crippen LogP contribution in [0.1, 0.15) is 33.3 Å². The molecule has 0 radical (unpaired) electrons. The van der Waals surface area contributed by atoms with Crippen LogP contribution in [0.2, 0.25) is 0 Å². The van der Waals surface area contributed by atoms with Crippen LogP contribution in [0.5, 0.6) is 0 Å². The normalized spacial score (nSPS) is 12.4. The number of nitrogens with one attached hydrogen (secondary N) is 1. The largest absolute Gasteiger partial charge is 0.458 e. The van der Waals surface area contributed by atoms with Gasteiger partial charge in [-0.15, -0.1) is 0 Å². The van der Waals surface area contributed by atoms with Gasteiger partial charge in [0, 0.05) is 0 Å². The Morgan fingerprint density at radius 1 is 1.39 bits per heavy atom. The van der Waals surface area contributed by atoms with Crippen molar-refractivity contribution in [3.63, 3.8) is 0 Å². The third kappa shape index (κ3) is 4.10. The first kappa shape index (κ1) is 14.0. The van der Waals surface area contributed by atoms with E-state index in [9.17, 15) is 4.79 Å². The van der Waals surface area contributed by atoms with Crippen LogP contribution in [0.4, 0.5) is 5.69 Å². The average Bonchev–Trinajstić information content (AvgIpc) is 2.27. The molecule has 1 unspecified atom stereocenters. The number of rotatable bonds is 3. The molecule has 1 atom stereocenters. The fraction of sp³-hybridized carbons (Fsp3) is 0.429. The maximum Gasteiger partial charge on any atom is 0.328 e. The van der Waals surface area contributed by atoms with Crippen LogP contribution >= 0.6 is 0 Å². The maximum absolute atomic E-state index is 11.8. The van der Waals surface area contributed by atoms with E-state index in [1.165, 1.54) is 0 Å². The molecule has 1 aromatic rings. The Morgan fingerprint density at radius 3 is 2.56 bits per heavy atom. The lowest BCUT2D eigenvalue weighted by atomic mass is 10.1. The summed E-state index contributed by atoms with van der Waals surface area (Å²) in [5, 5.41) is 11.9. The quantitative estimate of drug-likeness (QED) is 0.833. The number of nitriles is 1. The molecular weight excluding hydrogens is 228 g/mol. The summed E-state index contributed by atoms with van der Waals surface area (Å²) < 4.78 is 5.26. The summed E-state index contributed by atoms with van der Waals surface area (Å²) >= 11 is 0. The van der Waals surface area contributed by atoms with Gasteiger partial charge in [-0.25, -0.2) is 4.79 Å². The maximum atomic E-state index is 11.8. The molecule has 0 saturated carbocycles. The van der Waals surface area contributed by atoms with E-state index in [1.807, 2.05) is 26.8 Å². The first-order valence-electron chi connectivity index (χ1n) is 5.82. The summed E-state index contributed by atoms with van der Waals surface area (Å²) in [6.07, 6.45) is 0. The minimum Gasteiger partial charge on any atom is -0.458 e. The van der Waals surface area contributed by atoms with Gasteiger partial charge in [0.2, 0.25) is 0 Å². The molecule has 0 aliphatic heterocycles. The van der Waals surface area contributed by atoms with Gasteiger partial charge in [-0.2, -0.15) is 5.26 Å². The van der Waals surface area contributed by atoms with Gasteiger partial charge in [-0.3, -0.25) is 0 Å². The first-order valence-corrected chi connectivity index (χ1v) is 5.82. The van der Waals surface area contributed by atoms with Crippen molar-refractivity contribution in [1.29, 1.82) is 5.26 Å². The molecule has 0 aromatic heterocycles. The highest BCUT2D eigenvalue weighted by Gasteiger charge is 2.21. The van der Waals surface area contributed by atoms with E-state index >= 15 is 0 Å². The van der Waals surface area contributed by atoms with E-state index in [-0.39, 0.29) is 5.97 Å². The second-order valence-electron chi connectivity index (χ2n) is 5.06. The molecule has 0 fully saturated rings. The summed E-state index contributed by atoms with van der Waals surface area (Å²) in [4.78, 5) is 11.8. The van der Waals surface area contributed by atoms with Crippen LogP contribution in [0.3, 0.4) is 0 Å². The van der Waals surface area contributed by atoms with Crippen LogP contribution in [-0.2, 0) is 9.53 Å². The van der Waals surface area contributed by atoms with E-state index in [4.69, 9.17) is 10.00 Å². The lowest BCUT2D eigenvalue weighted by Crippen LogP contribution is -2.34. The van der Waals surface area contributed by atoms with Crippen molar-refractivity contribution in [3.05, 3.63) is 29.8 Å². The highest BCUT2D eigenvalue weighted by atomic mass is 16.6. The summed E-state index contributed by atoms with van der Waals surface area (Å²) in [5.41, 5.74) is 0.633. The number of nitrogens with zero attached hydrogens (tertiary/aromatic N) is 1. The molecule has 18 heavy (non-hydrogen) atoms. The molecule has 0 saturated heterocycles. The molecular formula is C14H18N2O2. The fourth-order valence-electron chi connectivity index (χ4n) is 1.39. The molecule has 0 aliphatic rings. The Morgan fingerprint density at radius 2 is 2.00 bits per heavy atom. The zero-order chi connectivity index (χ0) is 13.8. The van der Waals surface area contributed by atoms with Gasteiger partial charge >= 0.3 is 5.97 Å². The van der Waals surface area contributed by atoms with Gasteiger partial charge in [0.05, 0.1) is 11.3 Å². The molecule has 0 bridgehead atoms. The lowest BCUT2D eigenvalue weighted by Gasteiger charge is -2.23. The predicted octanol–water partition coefficient (Wildman–Crippen LogP) is 2.70. The third-order valence-corrected chi connectivity index (χ3v) is 2.18. The molecule has 0 amide bonds. The van der Waals surface area contributed by atoms with E-state index < -0.39 is 11.6 Å². The molecule has 96 valence electrons. The number of anilines is 1. The fourth-order valence-corrected chi connectivity index (χ4v) is 1.39. The lowest BCUT2D eigenvalue weighted by molar-refractivity contribution is -0.155. The van der Waals surface area contributed by atoms with Crippen LogP contribution in [-0.4, -0.2) is 17.6 Å². The Balaban J connectivity index is 2.73. The number of carbonyl (C=O) groups excluding carboxylic acids is 1. The Labute approximate surface area is 108 Å². The standard InChI is InChI=1S/C14H18N2O2/c1-10(13(17)18-14(2,3)4)16-12-8-6-5-7-11(12)9-15/h5-8,10,16H,1-4H3. The Hall–Kier alpha value is -2.02. The van der Waals surface area contributed by atoms with Crippen molar-refractivity contribution < 1.29 is 9.53 Å². The minimum absolute atomic E-state index is 0.338. The number of carbonyl (C=O) groups is 1. The van der Waals surface area contributed by atoms with E-state index in [1.54, 1.807) is 25.1 Å². The number of para-hydroxylation sites is 1. The van der Waals surface area contributed by atoms with Crippen molar-refractivity contribution >= 4 is 11.7 Å². The topological polar surface area (TPSA) is 62.1 Å². The Kier molecular flexibility index (Phi) is 4.33. The van der Waals surface area contributed by atoms with Crippen molar-refractivity contribution in [3.8, 4) is 6.07 Å². The zero-order valence-electron chi connectivity index (χ0n) is 11.2. The summed E-state index contributed by atoms with van der Waals surface area (Å²) in [7, 11) is 0. The molecule has 0 spiro atoms. The third-order valence-electron chi connectivity index (χ3n) is 2.18. The molecule has 0 aliphatic carbocycles. The molecule has 4 heteroatoms.